The third-order valence-electron chi connectivity index (χ3n) is 3.83. The fourth-order valence-electron chi connectivity index (χ4n) is 2.89. The largest absolute Gasteiger partial charge is 0.289 e. The number of fused-ring (bicyclic) bond motifs is 3. The van der Waals surface area contributed by atoms with Gasteiger partial charge in [-0.05, 0) is 42.2 Å². The van der Waals surface area contributed by atoms with Gasteiger partial charge in [0.15, 0.2) is 5.78 Å². The van der Waals surface area contributed by atoms with Crippen LogP contribution in [0.1, 0.15) is 26.5 Å². The fraction of sp³-hybridized carbons (Fsp3) is 0.111. The molecule has 102 valence electrons. The highest BCUT2D eigenvalue weighted by Gasteiger charge is 2.22. The molecule has 4 rings (SSSR count). The van der Waals surface area contributed by atoms with Gasteiger partial charge < -0.3 is 0 Å². The number of rotatable bonds is 1. The van der Waals surface area contributed by atoms with Crippen LogP contribution >= 0.6 is 11.3 Å². The number of carbonyl (C=O) groups is 1. The molecule has 1 aliphatic carbocycles. The Labute approximate surface area is 126 Å². The molecule has 0 spiro atoms. The van der Waals surface area contributed by atoms with Crippen LogP contribution in [0, 0.1) is 6.92 Å². The van der Waals surface area contributed by atoms with Crippen molar-refractivity contribution in [2.24, 2.45) is 0 Å². The smallest absolute Gasteiger partial charge is 0.187 e. The van der Waals surface area contributed by atoms with Crippen molar-refractivity contribution in [2.45, 2.75) is 13.3 Å². The molecule has 0 N–H and O–H groups in total. The summed E-state index contributed by atoms with van der Waals surface area (Å²) in [5, 5.41) is 1.00. The number of carbonyl (C=O) groups excluding carboxylic acids is 1. The first-order valence-corrected chi connectivity index (χ1v) is 7.73. The summed E-state index contributed by atoms with van der Waals surface area (Å²) in [4.78, 5) is 17.1. The number of ketones is 1. The number of aromatic nitrogens is 1. The van der Waals surface area contributed by atoms with Crippen molar-refractivity contribution in [1.82, 2.24) is 4.98 Å². The van der Waals surface area contributed by atoms with Crippen molar-refractivity contribution >= 4 is 32.9 Å². The van der Waals surface area contributed by atoms with Crippen molar-refractivity contribution < 1.29 is 4.79 Å². The van der Waals surface area contributed by atoms with E-state index in [0.29, 0.717) is 0 Å². The predicted molar refractivity (Wildman–Crippen MR) is 86.8 cm³/mol. The highest BCUT2D eigenvalue weighted by atomic mass is 32.1. The Balaban J connectivity index is 1.88. The van der Waals surface area contributed by atoms with Crippen LogP contribution in [0.2, 0.25) is 0 Å². The molecule has 0 radical (unpaired) electrons. The molecule has 2 aromatic carbocycles. The number of hydrogen-bond acceptors (Lipinski definition) is 3. The lowest BCUT2D eigenvalue weighted by atomic mass is 9.87. The summed E-state index contributed by atoms with van der Waals surface area (Å²) in [6.45, 7) is 1.98. The van der Waals surface area contributed by atoms with Gasteiger partial charge in [0.25, 0.3) is 0 Å². The number of hydrogen-bond donors (Lipinski definition) is 0. The summed E-state index contributed by atoms with van der Waals surface area (Å²) in [7, 11) is 0. The summed E-state index contributed by atoms with van der Waals surface area (Å²) in [6.07, 6.45) is 2.59. The van der Waals surface area contributed by atoms with E-state index in [4.69, 9.17) is 0 Å². The predicted octanol–water partition coefficient (Wildman–Crippen LogP) is 4.43. The second-order valence-corrected chi connectivity index (χ2v) is 6.46. The van der Waals surface area contributed by atoms with Gasteiger partial charge in [0.2, 0.25) is 0 Å². The Bertz CT molecular complexity index is 890. The maximum atomic E-state index is 12.6. The van der Waals surface area contributed by atoms with Crippen LogP contribution in [-0.2, 0) is 6.42 Å². The van der Waals surface area contributed by atoms with Crippen LogP contribution in [-0.4, -0.2) is 10.8 Å². The lowest BCUT2D eigenvalue weighted by Gasteiger charge is -2.16. The average Bonchev–Trinajstić information content (AvgIpc) is 2.88. The van der Waals surface area contributed by atoms with Crippen molar-refractivity contribution in [3.63, 3.8) is 0 Å². The molecule has 21 heavy (non-hydrogen) atoms. The van der Waals surface area contributed by atoms with Crippen LogP contribution < -0.4 is 0 Å². The first-order chi connectivity index (χ1) is 10.2. The molecule has 1 aliphatic rings. The van der Waals surface area contributed by atoms with Gasteiger partial charge >= 0.3 is 0 Å². The quantitative estimate of drug-likeness (QED) is 0.664. The van der Waals surface area contributed by atoms with E-state index in [2.05, 4.69) is 17.1 Å². The highest BCUT2D eigenvalue weighted by molar-refractivity contribution is 7.19. The van der Waals surface area contributed by atoms with Gasteiger partial charge in [-0.25, -0.2) is 4.98 Å². The fourth-order valence-corrected chi connectivity index (χ4v) is 3.88. The molecule has 0 saturated carbocycles. The first kappa shape index (κ1) is 12.5. The van der Waals surface area contributed by atoms with Gasteiger partial charge in [0.1, 0.15) is 0 Å². The van der Waals surface area contributed by atoms with E-state index in [1.54, 1.807) is 17.4 Å². The lowest BCUT2D eigenvalue weighted by molar-refractivity contribution is 0.104. The van der Waals surface area contributed by atoms with E-state index in [0.717, 1.165) is 43.9 Å². The molecule has 0 saturated heterocycles. The SMILES string of the molecule is Cc1nc2ccc3c(c2s1)C(=O)C=C(c1ccccc1)C3. The van der Waals surface area contributed by atoms with Crippen LogP contribution in [0.5, 0.6) is 0 Å². The first-order valence-electron chi connectivity index (χ1n) is 6.92. The maximum absolute atomic E-state index is 12.6. The summed E-state index contributed by atoms with van der Waals surface area (Å²) in [5.74, 6) is 0.101. The third kappa shape index (κ3) is 2.01. The molecule has 2 nitrogen and oxygen atoms in total. The van der Waals surface area contributed by atoms with Crippen LogP contribution in [0.25, 0.3) is 15.8 Å². The van der Waals surface area contributed by atoms with E-state index in [1.807, 2.05) is 37.3 Å². The van der Waals surface area contributed by atoms with Gasteiger partial charge in [0.05, 0.1) is 15.2 Å². The van der Waals surface area contributed by atoms with Gasteiger partial charge in [-0.2, -0.15) is 0 Å². The summed E-state index contributed by atoms with van der Waals surface area (Å²) < 4.78 is 1.03. The zero-order chi connectivity index (χ0) is 14.4. The second-order valence-electron chi connectivity index (χ2n) is 5.26. The molecule has 0 amide bonds. The summed E-state index contributed by atoms with van der Waals surface area (Å²) in [5.41, 5.74) is 5.10. The Morgan fingerprint density at radius 2 is 1.90 bits per heavy atom. The van der Waals surface area contributed by atoms with Crippen molar-refractivity contribution in [2.75, 3.05) is 0 Å². The molecular weight excluding hydrogens is 278 g/mol. The third-order valence-corrected chi connectivity index (χ3v) is 4.83. The summed E-state index contributed by atoms with van der Waals surface area (Å²) in [6, 6.07) is 14.2. The standard InChI is InChI=1S/C18H13NOS/c1-11-19-15-8-7-13-9-14(12-5-3-2-4-6-12)10-16(20)17(13)18(15)21-11/h2-8,10H,9H2,1H3. The van der Waals surface area contributed by atoms with Crippen LogP contribution in [0.3, 0.4) is 0 Å². The zero-order valence-corrected chi connectivity index (χ0v) is 12.4. The molecule has 0 atom stereocenters. The Morgan fingerprint density at radius 3 is 2.71 bits per heavy atom. The van der Waals surface area contributed by atoms with Gasteiger partial charge in [-0.15, -0.1) is 11.3 Å². The normalized spacial score (nSPS) is 14.1. The maximum Gasteiger partial charge on any atom is 0.187 e. The summed E-state index contributed by atoms with van der Waals surface area (Å²) >= 11 is 1.61. The van der Waals surface area contributed by atoms with Gasteiger partial charge in [-0.3, -0.25) is 4.79 Å². The second kappa shape index (κ2) is 4.64. The van der Waals surface area contributed by atoms with Crippen molar-refractivity contribution in [3.05, 3.63) is 70.2 Å². The molecule has 1 aromatic heterocycles. The van der Waals surface area contributed by atoms with E-state index in [1.165, 1.54) is 0 Å². The molecule has 3 aromatic rings. The number of thiazole rings is 1. The van der Waals surface area contributed by atoms with E-state index in [9.17, 15) is 4.79 Å². The monoisotopic (exact) mass is 291 g/mol. The van der Waals surface area contributed by atoms with Gasteiger partial charge in [0, 0.05) is 5.56 Å². The van der Waals surface area contributed by atoms with E-state index >= 15 is 0 Å². The number of nitrogens with zero attached hydrogens (tertiary/aromatic N) is 1. The lowest BCUT2D eigenvalue weighted by Crippen LogP contribution is -2.09. The Kier molecular flexibility index (Phi) is 2.76. The molecular formula is C18H13NOS. The Hall–Kier alpha value is -2.26. The van der Waals surface area contributed by atoms with Gasteiger partial charge in [-0.1, -0.05) is 36.4 Å². The van der Waals surface area contributed by atoms with E-state index < -0.39 is 0 Å². The molecule has 0 aliphatic heterocycles. The zero-order valence-electron chi connectivity index (χ0n) is 11.6. The minimum Gasteiger partial charge on any atom is -0.289 e. The average molecular weight is 291 g/mol. The molecule has 0 bridgehead atoms. The number of benzene rings is 2. The number of allylic oxidation sites excluding steroid dienone is 2. The van der Waals surface area contributed by atoms with Crippen LogP contribution in [0.4, 0.5) is 0 Å². The van der Waals surface area contributed by atoms with Crippen molar-refractivity contribution in [3.8, 4) is 0 Å². The minimum atomic E-state index is 0.101. The minimum absolute atomic E-state index is 0.101. The topological polar surface area (TPSA) is 30.0 Å². The molecule has 0 fully saturated rings. The molecule has 3 heteroatoms. The van der Waals surface area contributed by atoms with Crippen molar-refractivity contribution in [1.29, 1.82) is 0 Å². The number of aryl methyl sites for hydroxylation is 1. The highest BCUT2D eigenvalue weighted by Crippen LogP contribution is 2.34. The Morgan fingerprint density at radius 1 is 1.10 bits per heavy atom. The van der Waals surface area contributed by atoms with E-state index in [-0.39, 0.29) is 5.78 Å². The van der Waals surface area contributed by atoms with Crippen LogP contribution in [0.15, 0.2) is 48.5 Å². The molecule has 1 heterocycles. The molecule has 0 unspecified atom stereocenters.